The molecule has 152 valence electrons. The molecule has 5 nitrogen and oxygen atoms in total. The number of nitrogens with zero attached hydrogens (tertiary/aromatic N) is 4. The summed E-state index contributed by atoms with van der Waals surface area (Å²) in [5, 5.41) is 2.08. The number of hydrogen-bond acceptors (Lipinski definition) is 5. The summed E-state index contributed by atoms with van der Waals surface area (Å²) in [6, 6.07) is 27.9. The fourth-order valence-corrected chi connectivity index (χ4v) is 3.96. The third-order valence-corrected chi connectivity index (χ3v) is 5.50. The minimum absolute atomic E-state index is 0.113. The lowest BCUT2D eigenvalue weighted by molar-refractivity contribution is 0.668. The number of hydrogen-bond donors (Lipinski definition) is 0. The van der Waals surface area contributed by atoms with Crippen molar-refractivity contribution < 1.29 is 4.42 Å². The van der Waals surface area contributed by atoms with Gasteiger partial charge in [-0.25, -0.2) is 4.98 Å². The van der Waals surface area contributed by atoms with Crippen LogP contribution in [0.3, 0.4) is 0 Å². The van der Waals surface area contributed by atoms with Crippen molar-refractivity contribution in [2.24, 2.45) is 0 Å². The third-order valence-electron chi connectivity index (χ3n) is 5.33. The van der Waals surface area contributed by atoms with Gasteiger partial charge in [-0.05, 0) is 34.9 Å². The minimum Gasteiger partial charge on any atom is -0.456 e. The van der Waals surface area contributed by atoms with Crippen molar-refractivity contribution in [1.82, 2.24) is 19.9 Å². The Labute approximate surface area is 188 Å². The molecule has 6 heteroatoms. The highest BCUT2D eigenvalue weighted by Crippen LogP contribution is 2.31. The molecule has 6 rings (SSSR count). The summed E-state index contributed by atoms with van der Waals surface area (Å²) in [6.45, 7) is 0. The lowest BCUT2D eigenvalue weighted by atomic mass is 10.0. The van der Waals surface area contributed by atoms with Gasteiger partial charge in [-0.15, -0.1) is 0 Å². The molecule has 0 N–H and O–H groups in total. The molecule has 0 saturated heterocycles. The molecular weight excluding hydrogens is 420 g/mol. The molecule has 6 aromatic rings. The molecule has 32 heavy (non-hydrogen) atoms. The van der Waals surface area contributed by atoms with Gasteiger partial charge in [0.25, 0.3) is 0 Å². The highest BCUT2D eigenvalue weighted by atomic mass is 35.5. The molecule has 0 aliphatic rings. The standard InChI is InChI=1S/C26H15ClN4O/c27-26-30-24(18-10-6-9-17(13-18)16-7-2-1-3-8-16)29-25(31-26)21-14-23-20(15-28-21)19-11-4-5-12-22(19)32-23/h1-15H. The zero-order chi connectivity index (χ0) is 21.5. The SMILES string of the molecule is Clc1nc(-c2cccc(-c3ccccc3)c2)nc(-c2cc3oc4ccccc4c3cn2)n1. The zero-order valence-corrected chi connectivity index (χ0v) is 17.5. The van der Waals surface area contributed by atoms with E-state index in [1.54, 1.807) is 6.20 Å². The topological polar surface area (TPSA) is 64.7 Å². The number of fused-ring (bicyclic) bond motifs is 3. The molecule has 3 heterocycles. The monoisotopic (exact) mass is 434 g/mol. The Morgan fingerprint density at radius 2 is 1.34 bits per heavy atom. The van der Waals surface area contributed by atoms with Gasteiger partial charge in [0.15, 0.2) is 11.6 Å². The molecule has 0 spiro atoms. The first-order chi connectivity index (χ1) is 15.7. The summed E-state index contributed by atoms with van der Waals surface area (Å²) >= 11 is 6.28. The number of para-hydroxylation sites is 1. The van der Waals surface area contributed by atoms with Crippen molar-refractivity contribution in [3.8, 4) is 34.0 Å². The van der Waals surface area contributed by atoms with Crippen molar-refractivity contribution in [3.63, 3.8) is 0 Å². The Kier molecular flexibility index (Phi) is 4.40. The highest BCUT2D eigenvalue weighted by Gasteiger charge is 2.14. The summed E-state index contributed by atoms with van der Waals surface area (Å²) in [5.74, 6) is 0.886. The lowest BCUT2D eigenvalue weighted by Gasteiger charge is -2.07. The van der Waals surface area contributed by atoms with E-state index in [0.717, 1.165) is 38.6 Å². The van der Waals surface area contributed by atoms with Crippen LogP contribution in [0.1, 0.15) is 0 Å². The largest absolute Gasteiger partial charge is 0.456 e. The van der Waals surface area contributed by atoms with Crippen LogP contribution in [-0.4, -0.2) is 19.9 Å². The number of aromatic nitrogens is 4. The van der Waals surface area contributed by atoms with Gasteiger partial charge in [0.1, 0.15) is 16.9 Å². The Bertz CT molecular complexity index is 1590. The van der Waals surface area contributed by atoms with E-state index in [1.165, 1.54) is 0 Å². The molecular formula is C26H15ClN4O. The Morgan fingerprint density at radius 3 is 2.25 bits per heavy atom. The van der Waals surface area contributed by atoms with Crippen molar-refractivity contribution in [1.29, 1.82) is 0 Å². The Hall–Kier alpha value is -4.09. The predicted molar refractivity (Wildman–Crippen MR) is 126 cm³/mol. The fourth-order valence-electron chi connectivity index (χ4n) is 3.80. The van der Waals surface area contributed by atoms with Gasteiger partial charge in [-0.2, -0.15) is 9.97 Å². The smallest absolute Gasteiger partial charge is 0.226 e. The first-order valence-corrected chi connectivity index (χ1v) is 10.5. The summed E-state index contributed by atoms with van der Waals surface area (Å²) in [6.07, 6.45) is 1.78. The van der Waals surface area contributed by atoms with Crippen LogP contribution in [0.15, 0.2) is 95.5 Å². The Balaban J connectivity index is 1.45. The molecule has 0 fully saturated rings. The molecule has 3 aromatic heterocycles. The molecule has 3 aromatic carbocycles. The van der Waals surface area contributed by atoms with Crippen molar-refractivity contribution in [3.05, 3.63) is 96.4 Å². The first kappa shape index (κ1) is 18.7. The van der Waals surface area contributed by atoms with Crippen LogP contribution in [0.2, 0.25) is 5.28 Å². The second kappa shape index (κ2) is 7.55. The quantitative estimate of drug-likeness (QED) is 0.305. The molecule has 0 amide bonds. The van der Waals surface area contributed by atoms with Crippen molar-refractivity contribution >= 4 is 33.5 Å². The number of furan rings is 1. The summed E-state index contributed by atoms with van der Waals surface area (Å²) in [7, 11) is 0. The van der Waals surface area contributed by atoms with Gasteiger partial charge in [-0.1, -0.05) is 66.7 Å². The maximum absolute atomic E-state index is 6.28. The van der Waals surface area contributed by atoms with Gasteiger partial charge in [0.2, 0.25) is 5.28 Å². The Morgan fingerprint density at radius 1 is 0.594 bits per heavy atom. The maximum Gasteiger partial charge on any atom is 0.226 e. The van der Waals surface area contributed by atoms with Crippen molar-refractivity contribution in [2.45, 2.75) is 0 Å². The van der Waals surface area contributed by atoms with Gasteiger partial charge >= 0.3 is 0 Å². The van der Waals surface area contributed by atoms with Gasteiger partial charge in [0, 0.05) is 28.6 Å². The predicted octanol–water partition coefficient (Wildman–Crippen LogP) is 6.82. The fraction of sp³-hybridized carbons (Fsp3) is 0. The second-order valence-corrected chi connectivity index (χ2v) is 7.70. The molecule has 0 atom stereocenters. The molecule has 0 aliphatic heterocycles. The average Bonchev–Trinajstić information content (AvgIpc) is 3.22. The summed E-state index contributed by atoms with van der Waals surface area (Å²) in [4.78, 5) is 17.9. The van der Waals surface area contributed by atoms with Crippen LogP contribution in [0.25, 0.3) is 56.0 Å². The number of rotatable bonds is 3. The maximum atomic E-state index is 6.28. The first-order valence-electron chi connectivity index (χ1n) is 10.1. The van der Waals surface area contributed by atoms with Gasteiger partial charge in [-0.3, -0.25) is 4.98 Å². The van der Waals surface area contributed by atoms with E-state index in [9.17, 15) is 0 Å². The average molecular weight is 435 g/mol. The number of halogens is 1. The zero-order valence-electron chi connectivity index (χ0n) is 16.7. The number of benzene rings is 3. The van der Waals surface area contributed by atoms with Crippen molar-refractivity contribution in [2.75, 3.05) is 0 Å². The molecule has 0 unspecified atom stereocenters. The lowest BCUT2D eigenvalue weighted by Crippen LogP contribution is -1.98. The van der Waals surface area contributed by atoms with Gasteiger partial charge in [0.05, 0.1) is 0 Å². The van der Waals surface area contributed by atoms with Gasteiger partial charge < -0.3 is 4.42 Å². The molecule has 0 radical (unpaired) electrons. The van der Waals surface area contributed by atoms with Crippen LogP contribution in [-0.2, 0) is 0 Å². The highest BCUT2D eigenvalue weighted by molar-refractivity contribution is 6.28. The summed E-state index contributed by atoms with van der Waals surface area (Å²) in [5.41, 5.74) is 5.15. The molecule has 0 bridgehead atoms. The minimum atomic E-state index is 0.113. The summed E-state index contributed by atoms with van der Waals surface area (Å²) < 4.78 is 5.98. The normalized spacial score (nSPS) is 11.3. The third kappa shape index (κ3) is 3.29. The van der Waals surface area contributed by atoms with Crippen LogP contribution >= 0.6 is 11.6 Å². The second-order valence-electron chi connectivity index (χ2n) is 7.36. The van der Waals surface area contributed by atoms with E-state index in [-0.39, 0.29) is 5.28 Å². The van der Waals surface area contributed by atoms with E-state index < -0.39 is 0 Å². The van der Waals surface area contributed by atoms with E-state index in [1.807, 2.05) is 66.7 Å². The van der Waals surface area contributed by atoms with E-state index >= 15 is 0 Å². The molecule has 0 aliphatic carbocycles. The van der Waals surface area contributed by atoms with Crippen LogP contribution in [0.4, 0.5) is 0 Å². The van der Waals surface area contributed by atoms with Crippen LogP contribution in [0.5, 0.6) is 0 Å². The molecule has 0 saturated carbocycles. The van der Waals surface area contributed by atoms with Crippen LogP contribution in [0, 0.1) is 0 Å². The van der Waals surface area contributed by atoms with E-state index in [2.05, 4.69) is 38.1 Å². The van der Waals surface area contributed by atoms with Crippen LogP contribution < -0.4 is 0 Å². The van der Waals surface area contributed by atoms with E-state index in [0.29, 0.717) is 17.3 Å². The van der Waals surface area contributed by atoms with E-state index in [4.69, 9.17) is 16.0 Å². The number of pyridine rings is 1.